The van der Waals surface area contributed by atoms with Gasteiger partial charge in [0.05, 0.1) is 12.0 Å². The molecule has 1 aromatic carbocycles. The van der Waals surface area contributed by atoms with E-state index in [1.54, 1.807) is 0 Å². The highest BCUT2D eigenvalue weighted by atomic mass is 35.5. The van der Waals surface area contributed by atoms with E-state index < -0.39 is 5.92 Å². The Morgan fingerprint density at radius 2 is 1.91 bits per heavy atom. The minimum Gasteiger partial charge on any atom is -0.378 e. The summed E-state index contributed by atoms with van der Waals surface area (Å²) in [5.41, 5.74) is 9.02. The number of hydrogen-bond acceptors (Lipinski definition) is 4. The molecule has 182 valence electrons. The van der Waals surface area contributed by atoms with E-state index in [-0.39, 0.29) is 29.9 Å². The van der Waals surface area contributed by atoms with Gasteiger partial charge in [-0.05, 0) is 68.9 Å². The highest BCUT2D eigenvalue weighted by molar-refractivity contribution is 6.30. The average molecular weight is 476 g/mol. The Morgan fingerprint density at radius 1 is 1.18 bits per heavy atom. The van der Waals surface area contributed by atoms with Gasteiger partial charge >= 0.3 is 0 Å². The molecule has 2 saturated heterocycles. The molecule has 0 aromatic heterocycles. The van der Waals surface area contributed by atoms with Gasteiger partial charge in [-0.3, -0.25) is 14.5 Å². The second-order valence-electron chi connectivity index (χ2n) is 10.3. The molecule has 1 saturated carbocycles. The molecule has 7 heteroatoms. The van der Waals surface area contributed by atoms with E-state index in [4.69, 9.17) is 22.1 Å². The lowest BCUT2D eigenvalue weighted by Gasteiger charge is -2.41. The molecule has 33 heavy (non-hydrogen) atoms. The van der Waals surface area contributed by atoms with Crippen LogP contribution in [0, 0.1) is 18.8 Å². The summed E-state index contributed by atoms with van der Waals surface area (Å²) in [6.45, 7) is 10.1. The number of carbonyl (C=O) groups is 2. The lowest BCUT2D eigenvalue weighted by atomic mass is 9.79. The number of benzene rings is 1. The fraction of sp³-hybridized carbons (Fsp3) is 0.692. The van der Waals surface area contributed by atoms with Crippen LogP contribution in [0.5, 0.6) is 0 Å². The summed E-state index contributed by atoms with van der Waals surface area (Å²) >= 11 is 6.54. The van der Waals surface area contributed by atoms with E-state index in [2.05, 4.69) is 23.6 Å². The van der Waals surface area contributed by atoms with Crippen LogP contribution >= 0.6 is 11.6 Å². The van der Waals surface area contributed by atoms with E-state index in [0.717, 1.165) is 62.1 Å². The number of amides is 2. The van der Waals surface area contributed by atoms with Gasteiger partial charge in [0.2, 0.25) is 11.8 Å². The van der Waals surface area contributed by atoms with Crippen molar-refractivity contribution in [1.29, 1.82) is 0 Å². The Morgan fingerprint density at radius 3 is 2.52 bits per heavy atom. The topological polar surface area (TPSA) is 75.9 Å². The van der Waals surface area contributed by atoms with Gasteiger partial charge in [-0.15, -0.1) is 0 Å². The van der Waals surface area contributed by atoms with Crippen molar-refractivity contribution in [3.05, 3.63) is 33.8 Å². The van der Waals surface area contributed by atoms with Crippen LogP contribution < -0.4 is 5.73 Å². The third kappa shape index (κ3) is 5.23. The Bertz CT molecular complexity index is 886. The van der Waals surface area contributed by atoms with Crippen molar-refractivity contribution < 1.29 is 14.3 Å². The second kappa shape index (κ2) is 10.3. The largest absolute Gasteiger partial charge is 0.378 e. The molecule has 0 radical (unpaired) electrons. The molecule has 2 aliphatic heterocycles. The number of nitrogens with zero attached hydrogens (tertiary/aromatic N) is 2. The Balaban J connectivity index is 1.49. The third-order valence-electron chi connectivity index (χ3n) is 8.12. The molecule has 2 heterocycles. The molecule has 6 nitrogen and oxygen atoms in total. The molecule has 0 spiro atoms. The van der Waals surface area contributed by atoms with Crippen molar-refractivity contribution in [2.45, 2.75) is 77.5 Å². The van der Waals surface area contributed by atoms with Crippen LogP contribution in [0.3, 0.4) is 0 Å². The number of ether oxygens (including phenoxy) is 1. The molecule has 3 aliphatic rings. The van der Waals surface area contributed by atoms with Crippen LogP contribution in [0.2, 0.25) is 5.02 Å². The van der Waals surface area contributed by atoms with Crippen LogP contribution in [0.15, 0.2) is 12.1 Å². The summed E-state index contributed by atoms with van der Waals surface area (Å²) in [7, 11) is 0. The summed E-state index contributed by atoms with van der Waals surface area (Å²) < 4.78 is 5.74. The van der Waals surface area contributed by atoms with Crippen molar-refractivity contribution in [3.63, 3.8) is 0 Å². The summed E-state index contributed by atoms with van der Waals surface area (Å²) in [6.07, 6.45) is 5.27. The minimum absolute atomic E-state index is 0.00402. The lowest BCUT2D eigenvalue weighted by molar-refractivity contribution is -0.140. The molecule has 2 N–H and O–H groups in total. The number of primary amides is 1. The summed E-state index contributed by atoms with van der Waals surface area (Å²) in [4.78, 5) is 30.0. The maximum absolute atomic E-state index is 12.9. The molecule has 4 rings (SSSR count). The molecule has 2 amide bonds. The van der Waals surface area contributed by atoms with Gasteiger partial charge in [0, 0.05) is 55.7 Å². The summed E-state index contributed by atoms with van der Waals surface area (Å²) in [6, 6.07) is 4.11. The fourth-order valence-corrected chi connectivity index (χ4v) is 6.43. The third-order valence-corrected chi connectivity index (χ3v) is 8.34. The number of nitrogens with two attached hydrogens (primary N) is 1. The van der Waals surface area contributed by atoms with Gasteiger partial charge in [0.1, 0.15) is 0 Å². The highest BCUT2D eigenvalue weighted by Crippen LogP contribution is 2.38. The molecule has 0 bridgehead atoms. The number of hydrogen-bond donors (Lipinski definition) is 1. The van der Waals surface area contributed by atoms with E-state index in [1.165, 1.54) is 12.8 Å². The first-order chi connectivity index (χ1) is 15.8. The van der Waals surface area contributed by atoms with Crippen molar-refractivity contribution in [2.75, 3.05) is 26.2 Å². The van der Waals surface area contributed by atoms with Crippen molar-refractivity contribution >= 4 is 23.4 Å². The van der Waals surface area contributed by atoms with E-state index in [9.17, 15) is 9.59 Å². The van der Waals surface area contributed by atoms with Crippen LogP contribution in [0.4, 0.5) is 0 Å². The first kappa shape index (κ1) is 24.5. The maximum Gasteiger partial charge on any atom is 0.226 e. The number of rotatable bonds is 6. The van der Waals surface area contributed by atoms with E-state index in [0.29, 0.717) is 17.5 Å². The molecule has 3 fully saturated rings. The predicted octanol–water partition coefficient (Wildman–Crippen LogP) is 3.87. The number of piperazine rings is 1. The molecular formula is C26H38ClN3O3. The maximum atomic E-state index is 12.9. The van der Waals surface area contributed by atoms with Crippen molar-refractivity contribution in [3.8, 4) is 0 Å². The molecule has 1 aliphatic carbocycles. The summed E-state index contributed by atoms with van der Waals surface area (Å²) in [5.74, 6) is -0.0822. The van der Waals surface area contributed by atoms with Gasteiger partial charge in [-0.1, -0.05) is 24.4 Å². The number of halogens is 1. The van der Waals surface area contributed by atoms with Crippen molar-refractivity contribution in [2.24, 2.45) is 17.6 Å². The quantitative estimate of drug-likeness (QED) is 0.677. The molecule has 4 atom stereocenters. The lowest BCUT2D eigenvalue weighted by Crippen LogP contribution is -2.54. The molecule has 3 unspecified atom stereocenters. The second-order valence-corrected chi connectivity index (χ2v) is 10.7. The van der Waals surface area contributed by atoms with Gasteiger partial charge in [0.15, 0.2) is 0 Å². The standard InChI is InChI=1S/C26H38ClN3O3/c1-16-14-29(9-10-30(16)26(32)19-6-4-5-7-19)15-20-12-21(27)13-23(17(20)2)24(25(28)31)22-8-11-33-18(22)3/h12-13,16,18-19,22,24H,4-11,14-15H2,1-3H3,(H2,28,31)/t16-,18?,22?,24?/m0/s1. The Kier molecular flexibility index (Phi) is 7.66. The molecule has 1 aromatic rings. The van der Waals surface area contributed by atoms with Gasteiger partial charge in [-0.25, -0.2) is 0 Å². The highest BCUT2D eigenvalue weighted by Gasteiger charge is 2.38. The number of carbonyl (C=O) groups excluding carboxylic acids is 2. The van der Waals surface area contributed by atoms with Crippen LogP contribution in [0.1, 0.15) is 68.6 Å². The monoisotopic (exact) mass is 475 g/mol. The van der Waals surface area contributed by atoms with E-state index >= 15 is 0 Å². The first-order valence-corrected chi connectivity index (χ1v) is 12.9. The average Bonchev–Trinajstić information content (AvgIpc) is 3.43. The van der Waals surface area contributed by atoms with Crippen LogP contribution in [-0.4, -0.2) is 60.0 Å². The minimum atomic E-state index is -0.403. The summed E-state index contributed by atoms with van der Waals surface area (Å²) in [5, 5.41) is 0.631. The zero-order valence-corrected chi connectivity index (χ0v) is 20.9. The van der Waals surface area contributed by atoms with Gasteiger partial charge < -0.3 is 15.4 Å². The van der Waals surface area contributed by atoms with Gasteiger partial charge in [-0.2, -0.15) is 0 Å². The smallest absolute Gasteiger partial charge is 0.226 e. The Labute approximate surface area is 202 Å². The van der Waals surface area contributed by atoms with Gasteiger partial charge in [0.25, 0.3) is 0 Å². The Hall–Kier alpha value is -1.63. The predicted molar refractivity (Wildman–Crippen MR) is 130 cm³/mol. The SMILES string of the molecule is Cc1c(CN2CCN(C(=O)C3CCCC3)[C@@H](C)C2)cc(Cl)cc1C(C(N)=O)C1CCOC1C. The zero-order chi connectivity index (χ0) is 23.7. The fourth-order valence-electron chi connectivity index (χ4n) is 6.18. The normalized spacial score (nSPS) is 27.8. The molecular weight excluding hydrogens is 438 g/mol. The van der Waals surface area contributed by atoms with Crippen molar-refractivity contribution in [1.82, 2.24) is 9.80 Å². The van der Waals surface area contributed by atoms with Crippen LogP contribution in [0.25, 0.3) is 0 Å². The first-order valence-electron chi connectivity index (χ1n) is 12.5. The van der Waals surface area contributed by atoms with Crippen LogP contribution in [-0.2, 0) is 20.9 Å². The zero-order valence-electron chi connectivity index (χ0n) is 20.2. The van der Waals surface area contributed by atoms with E-state index in [1.807, 2.05) is 19.1 Å².